The van der Waals surface area contributed by atoms with Gasteiger partial charge in [0, 0.05) is 19.3 Å². The van der Waals surface area contributed by atoms with E-state index in [0.717, 1.165) is 12.2 Å². The van der Waals surface area contributed by atoms with Crippen LogP contribution in [0.2, 0.25) is 0 Å². The van der Waals surface area contributed by atoms with Gasteiger partial charge in [0.2, 0.25) is 0 Å². The van der Waals surface area contributed by atoms with Crippen LogP contribution in [0, 0.1) is 0 Å². The van der Waals surface area contributed by atoms with Crippen LogP contribution in [0.15, 0.2) is 12.5 Å². The van der Waals surface area contributed by atoms with Crippen LogP contribution < -0.4 is 5.32 Å². The van der Waals surface area contributed by atoms with E-state index in [1.54, 1.807) is 19.4 Å². The third-order valence-corrected chi connectivity index (χ3v) is 2.53. The van der Waals surface area contributed by atoms with Crippen LogP contribution in [0.5, 0.6) is 0 Å². The normalized spacial score (nSPS) is 12.0. The predicted molar refractivity (Wildman–Crippen MR) is 57.3 cm³/mol. The molecule has 3 N–H and O–H groups in total. The fourth-order valence-electron chi connectivity index (χ4n) is 1.25. The van der Waals surface area contributed by atoms with Crippen molar-refractivity contribution in [2.45, 2.75) is 32.5 Å². The standard InChI is InChI=1S/C10H19N3O2/c1-3-13-8-11-4-9(13)5-12-10(2,6-14)7-15/h4,8,12,14-15H,3,5-7H2,1-2H3. The number of hydrogen-bond acceptors (Lipinski definition) is 4. The SMILES string of the molecule is CCn1cncc1CNC(C)(CO)CO. The second-order valence-electron chi connectivity index (χ2n) is 3.90. The maximum atomic E-state index is 9.10. The summed E-state index contributed by atoms with van der Waals surface area (Å²) in [6.07, 6.45) is 3.55. The van der Waals surface area contributed by atoms with E-state index in [0.29, 0.717) is 6.54 Å². The van der Waals surface area contributed by atoms with Crippen LogP contribution in [0.3, 0.4) is 0 Å². The van der Waals surface area contributed by atoms with Crippen molar-refractivity contribution in [2.75, 3.05) is 13.2 Å². The molecule has 0 aliphatic rings. The van der Waals surface area contributed by atoms with Crippen LogP contribution in [0.4, 0.5) is 0 Å². The lowest BCUT2D eigenvalue weighted by molar-refractivity contribution is 0.102. The molecule has 0 amide bonds. The largest absolute Gasteiger partial charge is 0.394 e. The smallest absolute Gasteiger partial charge is 0.0948 e. The van der Waals surface area contributed by atoms with Crippen molar-refractivity contribution in [3.63, 3.8) is 0 Å². The Kier molecular flexibility index (Phi) is 4.26. The minimum absolute atomic E-state index is 0.0935. The minimum atomic E-state index is -0.636. The highest BCUT2D eigenvalue weighted by atomic mass is 16.3. The second kappa shape index (κ2) is 5.25. The number of aryl methyl sites for hydroxylation is 1. The van der Waals surface area contributed by atoms with Gasteiger partial charge in [-0.25, -0.2) is 4.98 Å². The molecule has 0 aromatic carbocycles. The van der Waals surface area contributed by atoms with Crippen molar-refractivity contribution in [3.8, 4) is 0 Å². The quantitative estimate of drug-likeness (QED) is 0.608. The molecule has 0 saturated heterocycles. The maximum absolute atomic E-state index is 9.10. The monoisotopic (exact) mass is 213 g/mol. The van der Waals surface area contributed by atoms with Gasteiger partial charge in [-0.2, -0.15) is 0 Å². The summed E-state index contributed by atoms with van der Waals surface area (Å²) >= 11 is 0. The molecule has 0 unspecified atom stereocenters. The molecule has 0 aliphatic carbocycles. The number of aliphatic hydroxyl groups is 2. The Morgan fingerprint density at radius 1 is 1.47 bits per heavy atom. The molecule has 0 bridgehead atoms. The average Bonchev–Trinajstić information content (AvgIpc) is 2.73. The molecule has 1 heterocycles. The first kappa shape index (κ1) is 12.2. The molecular weight excluding hydrogens is 194 g/mol. The molecule has 5 nitrogen and oxygen atoms in total. The third-order valence-electron chi connectivity index (χ3n) is 2.53. The number of hydrogen-bond donors (Lipinski definition) is 3. The summed E-state index contributed by atoms with van der Waals surface area (Å²) in [5, 5.41) is 21.3. The van der Waals surface area contributed by atoms with Gasteiger partial charge in [-0.15, -0.1) is 0 Å². The summed E-state index contributed by atoms with van der Waals surface area (Å²) in [6, 6.07) is 0. The van der Waals surface area contributed by atoms with Gasteiger partial charge in [0.1, 0.15) is 0 Å². The van der Waals surface area contributed by atoms with Gasteiger partial charge in [0.15, 0.2) is 0 Å². The lowest BCUT2D eigenvalue weighted by atomic mass is 10.1. The number of aliphatic hydroxyl groups excluding tert-OH is 2. The predicted octanol–water partition coefficient (Wildman–Crippen LogP) is -0.264. The Balaban J connectivity index is 2.56. The molecule has 0 fully saturated rings. The number of nitrogens with zero attached hydrogens (tertiary/aromatic N) is 2. The summed E-state index contributed by atoms with van der Waals surface area (Å²) in [4.78, 5) is 4.04. The zero-order chi connectivity index (χ0) is 11.3. The third kappa shape index (κ3) is 3.02. The first-order valence-electron chi connectivity index (χ1n) is 5.11. The van der Waals surface area contributed by atoms with Gasteiger partial charge in [0.05, 0.1) is 30.8 Å². The summed E-state index contributed by atoms with van der Waals surface area (Å²) in [6.45, 7) is 5.09. The van der Waals surface area contributed by atoms with Gasteiger partial charge in [0.25, 0.3) is 0 Å². The minimum Gasteiger partial charge on any atom is -0.394 e. The summed E-state index contributed by atoms with van der Waals surface area (Å²) in [5.41, 5.74) is 0.411. The van der Waals surface area contributed by atoms with Gasteiger partial charge in [-0.05, 0) is 13.8 Å². The molecule has 15 heavy (non-hydrogen) atoms. The highest BCUT2D eigenvalue weighted by Crippen LogP contribution is 2.05. The van der Waals surface area contributed by atoms with Gasteiger partial charge in [-0.1, -0.05) is 0 Å². The zero-order valence-electron chi connectivity index (χ0n) is 9.27. The number of aromatic nitrogens is 2. The summed E-state index contributed by atoms with van der Waals surface area (Å²) < 4.78 is 2.02. The van der Waals surface area contributed by atoms with E-state index in [1.807, 2.05) is 11.5 Å². The van der Waals surface area contributed by atoms with Gasteiger partial charge in [-0.3, -0.25) is 0 Å². The molecule has 0 radical (unpaired) electrons. The first-order chi connectivity index (χ1) is 7.15. The Morgan fingerprint density at radius 2 is 2.13 bits per heavy atom. The maximum Gasteiger partial charge on any atom is 0.0948 e. The van der Waals surface area contributed by atoms with Crippen molar-refractivity contribution in [1.82, 2.24) is 14.9 Å². The Hall–Kier alpha value is -0.910. The van der Waals surface area contributed by atoms with Crippen molar-refractivity contribution in [2.24, 2.45) is 0 Å². The van der Waals surface area contributed by atoms with Crippen molar-refractivity contribution in [1.29, 1.82) is 0 Å². The van der Waals surface area contributed by atoms with E-state index in [4.69, 9.17) is 10.2 Å². The fourth-order valence-corrected chi connectivity index (χ4v) is 1.25. The highest BCUT2D eigenvalue weighted by molar-refractivity contribution is 4.99. The fraction of sp³-hybridized carbons (Fsp3) is 0.700. The van der Waals surface area contributed by atoms with E-state index in [-0.39, 0.29) is 13.2 Å². The van der Waals surface area contributed by atoms with Crippen LogP contribution in [-0.4, -0.2) is 38.5 Å². The average molecular weight is 213 g/mol. The second-order valence-corrected chi connectivity index (χ2v) is 3.90. The molecule has 1 aromatic rings. The van der Waals surface area contributed by atoms with Crippen molar-refractivity contribution < 1.29 is 10.2 Å². The van der Waals surface area contributed by atoms with Gasteiger partial charge >= 0.3 is 0 Å². The van der Waals surface area contributed by atoms with E-state index in [2.05, 4.69) is 10.3 Å². The Bertz CT molecular complexity index is 295. The van der Waals surface area contributed by atoms with Crippen molar-refractivity contribution >= 4 is 0 Å². The Morgan fingerprint density at radius 3 is 2.67 bits per heavy atom. The highest BCUT2D eigenvalue weighted by Gasteiger charge is 2.21. The number of rotatable bonds is 6. The van der Waals surface area contributed by atoms with Crippen LogP contribution in [-0.2, 0) is 13.1 Å². The van der Waals surface area contributed by atoms with E-state index < -0.39 is 5.54 Å². The molecular formula is C10H19N3O2. The molecule has 0 saturated carbocycles. The number of nitrogens with one attached hydrogen (secondary N) is 1. The molecule has 1 aromatic heterocycles. The summed E-state index contributed by atoms with van der Waals surface area (Å²) in [7, 11) is 0. The van der Waals surface area contributed by atoms with Crippen molar-refractivity contribution in [3.05, 3.63) is 18.2 Å². The molecule has 5 heteroatoms. The first-order valence-corrected chi connectivity index (χ1v) is 5.11. The Labute approximate surface area is 89.8 Å². The van der Waals surface area contributed by atoms with E-state index in [9.17, 15) is 0 Å². The molecule has 0 aliphatic heterocycles. The lowest BCUT2D eigenvalue weighted by Crippen LogP contribution is -2.48. The van der Waals surface area contributed by atoms with E-state index >= 15 is 0 Å². The van der Waals surface area contributed by atoms with Crippen LogP contribution in [0.1, 0.15) is 19.5 Å². The van der Waals surface area contributed by atoms with Crippen LogP contribution >= 0.6 is 0 Å². The van der Waals surface area contributed by atoms with Crippen LogP contribution in [0.25, 0.3) is 0 Å². The van der Waals surface area contributed by atoms with Gasteiger partial charge < -0.3 is 20.1 Å². The molecule has 1 rings (SSSR count). The van der Waals surface area contributed by atoms with E-state index in [1.165, 1.54) is 0 Å². The zero-order valence-corrected chi connectivity index (χ0v) is 9.27. The molecule has 0 atom stereocenters. The molecule has 0 spiro atoms. The lowest BCUT2D eigenvalue weighted by Gasteiger charge is -2.26. The number of imidazole rings is 1. The summed E-state index contributed by atoms with van der Waals surface area (Å²) in [5.74, 6) is 0. The topological polar surface area (TPSA) is 70.3 Å². The molecule has 86 valence electrons.